The van der Waals surface area contributed by atoms with Crippen LogP contribution in [0, 0.1) is 5.92 Å². The van der Waals surface area contributed by atoms with E-state index in [0.717, 1.165) is 22.0 Å². The van der Waals surface area contributed by atoms with Crippen LogP contribution in [0.3, 0.4) is 0 Å². The van der Waals surface area contributed by atoms with Gasteiger partial charge >= 0.3 is 12.0 Å². The van der Waals surface area contributed by atoms with Gasteiger partial charge in [-0.25, -0.2) is 19.6 Å². The maximum atomic E-state index is 13.4. The van der Waals surface area contributed by atoms with Crippen LogP contribution in [0.1, 0.15) is 36.8 Å². The van der Waals surface area contributed by atoms with Gasteiger partial charge in [-0.2, -0.15) is 0 Å². The average molecular weight is 567 g/mol. The zero-order chi connectivity index (χ0) is 29.5. The van der Waals surface area contributed by atoms with Crippen LogP contribution in [0.2, 0.25) is 0 Å². The van der Waals surface area contributed by atoms with E-state index in [2.05, 4.69) is 15.5 Å². The minimum atomic E-state index is -0.529. The molecule has 9 nitrogen and oxygen atoms in total. The summed E-state index contributed by atoms with van der Waals surface area (Å²) in [6.07, 6.45) is 0. The number of nitrogens with one attached hydrogen (secondary N) is 2. The van der Waals surface area contributed by atoms with Crippen molar-refractivity contribution in [2.24, 2.45) is 5.92 Å². The number of ether oxygens (including phenoxy) is 1. The van der Waals surface area contributed by atoms with Crippen molar-refractivity contribution >= 4 is 28.7 Å². The monoisotopic (exact) mass is 566 g/mol. The molecule has 1 aromatic heterocycles. The summed E-state index contributed by atoms with van der Waals surface area (Å²) in [6, 6.07) is 27.0. The Morgan fingerprint density at radius 3 is 2.02 bits per heavy atom. The van der Waals surface area contributed by atoms with Gasteiger partial charge in [0.15, 0.2) is 0 Å². The Kier molecular flexibility index (Phi) is 9.28. The van der Waals surface area contributed by atoms with Crippen molar-refractivity contribution in [1.29, 1.82) is 0 Å². The maximum absolute atomic E-state index is 13.4. The van der Waals surface area contributed by atoms with Crippen LogP contribution in [0.15, 0.2) is 84.9 Å². The number of anilines is 1. The molecule has 2 heterocycles. The summed E-state index contributed by atoms with van der Waals surface area (Å²) < 4.78 is 5.02. The molecule has 42 heavy (non-hydrogen) atoms. The molecular formula is C33H38N6O3. The Morgan fingerprint density at radius 1 is 0.833 bits per heavy atom. The van der Waals surface area contributed by atoms with Crippen molar-refractivity contribution in [3.8, 4) is 0 Å². The van der Waals surface area contributed by atoms with Crippen LogP contribution in [0.4, 0.5) is 10.6 Å². The molecule has 1 aliphatic rings. The Bertz CT molecular complexity index is 1450. The van der Waals surface area contributed by atoms with E-state index in [1.54, 1.807) is 0 Å². The molecule has 218 valence electrons. The number of esters is 1. The van der Waals surface area contributed by atoms with Crippen molar-refractivity contribution in [3.05, 3.63) is 102 Å². The lowest BCUT2D eigenvalue weighted by Crippen LogP contribution is -2.52. The number of piperazine rings is 1. The van der Waals surface area contributed by atoms with E-state index in [-0.39, 0.29) is 24.0 Å². The quantitative estimate of drug-likeness (QED) is 0.279. The molecular weight excluding hydrogens is 528 g/mol. The lowest BCUT2D eigenvalue weighted by atomic mass is 9.99. The molecule has 1 saturated heterocycles. The molecule has 4 aromatic rings. The fraction of sp³-hybridized carbons (Fsp3) is 0.333. The molecule has 1 atom stereocenters. The van der Waals surface area contributed by atoms with Gasteiger partial charge in [0, 0.05) is 31.6 Å². The molecule has 0 unspecified atom stereocenters. The fourth-order valence-electron chi connectivity index (χ4n) is 5.25. The van der Waals surface area contributed by atoms with Gasteiger partial charge in [-0.05, 0) is 29.2 Å². The van der Waals surface area contributed by atoms with Gasteiger partial charge < -0.3 is 20.3 Å². The van der Waals surface area contributed by atoms with Crippen LogP contribution in [0.5, 0.6) is 0 Å². The number of aromatic nitrogens is 2. The predicted octanol–water partition coefficient (Wildman–Crippen LogP) is 4.86. The number of methoxy groups -OCH3 is 1. The highest BCUT2D eigenvalue weighted by atomic mass is 16.5. The average Bonchev–Trinajstić information content (AvgIpc) is 3.03. The molecule has 0 radical (unpaired) electrons. The van der Waals surface area contributed by atoms with E-state index in [9.17, 15) is 9.59 Å². The molecule has 0 spiro atoms. The SMILES string of the molecule is COC(=O)[C@@H](Nc1nc(CN2CCN(C(=O)NC(c3ccccc3)c3ccccc3)CC2)nc2ccccc12)C(C)C. The third kappa shape index (κ3) is 6.86. The molecule has 1 fully saturated rings. The third-order valence-corrected chi connectivity index (χ3v) is 7.62. The van der Waals surface area contributed by atoms with Gasteiger partial charge in [-0.3, -0.25) is 4.90 Å². The van der Waals surface area contributed by atoms with Crippen molar-refractivity contribution in [3.63, 3.8) is 0 Å². The number of hydrogen-bond acceptors (Lipinski definition) is 7. The molecule has 5 rings (SSSR count). The van der Waals surface area contributed by atoms with Gasteiger partial charge in [0.05, 0.1) is 25.2 Å². The summed E-state index contributed by atoms with van der Waals surface area (Å²) in [4.78, 5) is 39.6. The van der Waals surface area contributed by atoms with Crippen LogP contribution in [-0.4, -0.2) is 71.1 Å². The topological polar surface area (TPSA) is 99.7 Å². The molecule has 9 heteroatoms. The zero-order valence-corrected chi connectivity index (χ0v) is 24.4. The van der Waals surface area contributed by atoms with Crippen LogP contribution in [-0.2, 0) is 16.1 Å². The van der Waals surface area contributed by atoms with Crippen LogP contribution < -0.4 is 10.6 Å². The number of para-hydroxylation sites is 1. The Balaban J connectivity index is 1.26. The summed E-state index contributed by atoms with van der Waals surface area (Å²) in [5, 5.41) is 7.41. The minimum Gasteiger partial charge on any atom is -0.467 e. The van der Waals surface area contributed by atoms with E-state index in [0.29, 0.717) is 44.4 Å². The Labute approximate surface area is 246 Å². The maximum Gasteiger partial charge on any atom is 0.328 e. The van der Waals surface area contributed by atoms with Gasteiger partial charge in [0.2, 0.25) is 0 Å². The molecule has 2 N–H and O–H groups in total. The number of amides is 2. The first-order valence-electron chi connectivity index (χ1n) is 14.4. The number of carbonyl (C=O) groups is 2. The summed E-state index contributed by atoms with van der Waals surface area (Å²) in [5.41, 5.74) is 2.89. The largest absolute Gasteiger partial charge is 0.467 e. The van der Waals surface area contributed by atoms with E-state index < -0.39 is 6.04 Å². The molecule has 1 aliphatic heterocycles. The fourth-order valence-corrected chi connectivity index (χ4v) is 5.25. The summed E-state index contributed by atoms with van der Waals surface area (Å²) in [7, 11) is 1.40. The first kappa shape index (κ1) is 29.0. The highest BCUT2D eigenvalue weighted by molar-refractivity contribution is 5.91. The second-order valence-electron chi connectivity index (χ2n) is 10.9. The number of hydrogen-bond donors (Lipinski definition) is 2. The van der Waals surface area contributed by atoms with Crippen molar-refractivity contribution in [1.82, 2.24) is 25.1 Å². The van der Waals surface area contributed by atoms with Crippen molar-refractivity contribution in [2.45, 2.75) is 32.5 Å². The predicted molar refractivity (Wildman–Crippen MR) is 164 cm³/mol. The molecule has 0 saturated carbocycles. The second-order valence-corrected chi connectivity index (χ2v) is 10.9. The number of carbonyl (C=O) groups excluding carboxylic acids is 2. The number of urea groups is 1. The Hall–Kier alpha value is -4.50. The first-order chi connectivity index (χ1) is 20.4. The molecule has 0 aliphatic carbocycles. The van der Waals surface area contributed by atoms with Gasteiger partial charge in [-0.1, -0.05) is 86.6 Å². The van der Waals surface area contributed by atoms with Gasteiger partial charge in [-0.15, -0.1) is 0 Å². The smallest absolute Gasteiger partial charge is 0.328 e. The lowest BCUT2D eigenvalue weighted by molar-refractivity contribution is -0.142. The van der Waals surface area contributed by atoms with E-state index in [1.807, 2.05) is 104 Å². The summed E-state index contributed by atoms with van der Waals surface area (Å²) in [6.45, 7) is 7.06. The van der Waals surface area contributed by atoms with Crippen LogP contribution >= 0.6 is 0 Å². The number of fused-ring (bicyclic) bond motifs is 1. The number of nitrogens with zero attached hydrogens (tertiary/aromatic N) is 4. The van der Waals surface area contributed by atoms with E-state index in [1.165, 1.54) is 7.11 Å². The first-order valence-corrected chi connectivity index (χ1v) is 14.4. The highest BCUT2D eigenvalue weighted by Crippen LogP contribution is 2.24. The summed E-state index contributed by atoms with van der Waals surface area (Å²) in [5.74, 6) is 0.961. The van der Waals surface area contributed by atoms with Crippen LogP contribution in [0.25, 0.3) is 10.9 Å². The molecule has 3 aromatic carbocycles. The summed E-state index contributed by atoms with van der Waals surface area (Å²) >= 11 is 0. The highest BCUT2D eigenvalue weighted by Gasteiger charge is 2.27. The molecule has 0 bridgehead atoms. The van der Waals surface area contributed by atoms with E-state index >= 15 is 0 Å². The normalized spacial score (nSPS) is 14.6. The zero-order valence-electron chi connectivity index (χ0n) is 24.4. The van der Waals surface area contributed by atoms with E-state index in [4.69, 9.17) is 14.7 Å². The van der Waals surface area contributed by atoms with Gasteiger partial charge in [0.1, 0.15) is 17.7 Å². The molecule has 2 amide bonds. The number of rotatable bonds is 9. The third-order valence-electron chi connectivity index (χ3n) is 7.62. The minimum absolute atomic E-state index is 0.0113. The van der Waals surface area contributed by atoms with Crippen molar-refractivity contribution < 1.29 is 14.3 Å². The van der Waals surface area contributed by atoms with Crippen molar-refractivity contribution in [2.75, 3.05) is 38.6 Å². The Morgan fingerprint density at radius 2 is 1.43 bits per heavy atom. The lowest BCUT2D eigenvalue weighted by Gasteiger charge is -2.35. The number of benzene rings is 3. The second kappa shape index (κ2) is 13.4. The van der Waals surface area contributed by atoms with Gasteiger partial charge in [0.25, 0.3) is 0 Å². The standard InChI is InChI=1S/C33H38N6O3/c1-23(2)29(32(40)42-3)36-31-26-16-10-11-17-27(26)34-28(35-31)22-38-18-20-39(21-19-38)33(41)37-30(24-12-6-4-7-13-24)25-14-8-5-9-15-25/h4-17,23,29-30H,18-22H2,1-3H3,(H,37,41)(H,34,35,36)/t29-/m0/s1.